The van der Waals surface area contributed by atoms with Crippen molar-refractivity contribution in [2.45, 2.75) is 20.1 Å². The van der Waals surface area contributed by atoms with Crippen molar-refractivity contribution in [2.75, 3.05) is 13.7 Å². The van der Waals surface area contributed by atoms with E-state index in [1.54, 1.807) is 31.2 Å². The first kappa shape index (κ1) is 21.1. The smallest absolute Gasteiger partial charge is 0.387 e. The average molecular weight is 420 g/mol. The number of fused-ring (bicyclic) bond motifs is 1. The quantitative estimate of drug-likeness (QED) is 0.493. The number of rotatable bonds is 8. The third kappa shape index (κ3) is 4.51. The van der Waals surface area contributed by atoms with Gasteiger partial charge in [0.25, 0.3) is 0 Å². The second-order valence-corrected chi connectivity index (χ2v) is 5.95. The molecule has 3 aromatic rings. The molecule has 2 aromatic carbocycles. The molecule has 0 saturated carbocycles. The Morgan fingerprint density at radius 1 is 1.03 bits per heavy atom. The lowest BCUT2D eigenvalue weighted by molar-refractivity contribution is -0.0512. The predicted molar refractivity (Wildman–Crippen MR) is 101 cm³/mol. The second kappa shape index (κ2) is 9.25. The molecule has 1 heterocycles. The number of carbonyl (C=O) groups excluding carboxylic acids is 2. The highest BCUT2D eigenvalue weighted by atomic mass is 19.3. The standard InChI is InChI=1S/C21H18F2O7/c1-3-27-20(25)18-14(13-6-4-5-7-15(13)29-18)11-28-19(24)12-8-9-16(30-21(22)23)17(10-12)26-2/h4-10,21H,3,11H2,1-2H3. The number of hydrogen-bond acceptors (Lipinski definition) is 7. The molecular formula is C21H18F2O7. The van der Waals surface area contributed by atoms with Crippen LogP contribution in [-0.2, 0) is 16.1 Å². The van der Waals surface area contributed by atoms with Gasteiger partial charge in [-0.05, 0) is 31.2 Å². The summed E-state index contributed by atoms with van der Waals surface area (Å²) in [6.45, 7) is -1.48. The van der Waals surface area contributed by atoms with Crippen LogP contribution in [0.25, 0.3) is 11.0 Å². The van der Waals surface area contributed by atoms with Gasteiger partial charge in [-0.3, -0.25) is 0 Å². The summed E-state index contributed by atoms with van der Waals surface area (Å²) >= 11 is 0. The maximum Gasteiger partial charge on any atom is 0.387 e. The molecule has 1 aromatic heterocycles. The number of esters is 2. The molecule has 9 heteroatoms. The molecule has 30 heavy (non-hydrogen) atoms. The average Bonchev–Trinajstić information content (AvgIpc) is 3.11. The van der Waals surface area contributed by atoms with Crippen molar-refractivity contribution in [1.29, 1.82) is 0 Å². The molecule has 7 nitrogen and oxygen atoms in total. The van der Waals surface area contributed by atoms with E-state index in [0.29, 0.717) is 16.5 Å². The summed E-state index contributed by atoms with van der Waals surface area (Å²) < 4.78 is 50.1. The minimum absolute atomic E-state index is 0.0503. The highest BCUT2D eigenvalue weighted by Crippen LogP contribution is 2.31. The molecular weight excluding hydrogens is 402 g/mol. The molecule has 0 bridgehead atoms. The van der Waals surface area contributed by atoms with Gasteiger partial charge in [-0.1, -0.05) is 18.2 Å². The fraction of sp³-hybridized carbons (Fsp3) is 0.238. The summed E-state index contributed by atoms with van der Waals surface area (Å²) in [5.74, 6) is -1.74. The van der Waals surface area contributed by atoms with Gasteiger partial charge < -0.3 is 23.4 Å². The fourth-order valence-corrected chi connectivity index (χ4v) is 2.81. The van der Waals surface area contributed by atoms with Crippen LogP contribution in [0.1, 0.15) is 33.4 Å². The SMILES string of the molecule is CCOC(=O)c1oc2ccccc2c1COC(=O)c1ccc(OC(F)F)c(OC)c1. The number of para-hydroxylation sites is 1. The van der Waals surface area contributed by atoms with Crippen molar-refractivity contribution in [3.8, 4) is 11.5 Å². The van der Waals surface area contributed by atoms with Crippen LogP contribution in [0.15, 0.2) is 46.9 Å². The first-order chi connectivity index (χ1) is 14.4. The predicted octanol–water partition coefficient (Wildman–Crippen LogP) is 4.58. The molecule has 0 N–H and O–H groups in total. The number of benzene rings is 2. The van der Waals surface area contributed by atoms with E-state index in [-0.39, 0.29) is 36.0 Å². The van der Waals surface area contributed by atoms with E-state index in [2.05, 4.69) is 4.74 Å². The van der Waals surface area contributed by atoms with Crippen LogP contribution >= 0.6 is 0 Å². The Morgan fingerprint density at radius 3 is 2.50 bits per heavy atom. The van der Waals surface area contributed by atoms with Crippen LogP contribution in [0.5, 0.6) is 11.5 Å². The van der Waals surface area contributed by atoms with E-state index in [9.17, 15) is 18.4 Å². The van der Waals surface area contributed by atoms with Gasteiger partial charge >= 0.3 is 18.6 Å². The lowest BCUT2D eigenvalue weighted by atomic mass is 10.1. The number of carbonyl (C=O) groups is 2. The summed E-state index contributed by atoms with van der Waals surface area (Å²) in [4.78, 5) is 24.7. The minimum Gasteiger partial charge on any atom is -0.493 e. The molecule has 0 aliphatic heterocycles. The Bertz CT molecular complexity index is 1060. The van der Waals surface area contributed by atoms with E-state index in [1.807, 2.05) is 0 Å². The summed E-state index contributed by atoms with van der Waals surface area (Å²) in [6, 6.07) is 10.6. The van der Waals surface area contributed by atoms with E-state index >= 15 is 0 Å². The highest BCUT2D eigenvalue weighted by molar-refractivity contribution is 5.96. The van der Waals surface area contributed by atoms with Gasteiger partial charge in [0.05, 0.1) is 24.8 Å². The molecule has 158 valence electrons. The third-order valence-corrected chi connectivity index (χ3v) is 4.12. The maximum absolute atomic E-state index is 12.5. The molecule has 0 aliphatic carbocycles. The minimum atomic E-state index is -3.03. The first-order valence-corrected chi connectivity index (χ1v) is 8.92. The first-order valence-electron chi connectivity index (χ1n) is 8.92. The monoisotopic (exact) mass is 420 g/mol. The van der Waals surface area contributed by atoms with Gasteiger partial charge in [0.2, 0.25) is 5.76 Å². The van der Waals surface area contributed by atoms with E-state index in [0.717, 1.165) is 0 Å². The second-order valence-electron chi connectivity index (χ2n) is 5.95. The number of halogens is 2. The van der Waals surface area contributed by atoms with Gasteiger partial charge in [-0.2, -0.15) is 8.78 Å². The van der Waals surface area contributed by atoms with Crippen LogP contribution < -0.4 is 9.47 Å². The molecule has 0 amide bonds. The number of methoxy groups -OCH3 is 1. The topological polar surface area (TPSA) is 84.2 Å². The largest absolute Gasteiger partial charge is 0.493 e. The van der Waals surface area contributed by atoms with E-state index in [1.165, 1.54) is 25.3 Å². The molecule has 0 fully saturated rings. The fourth-order valence-electron chi connectivity index (χ4n) is 2.81. The molecule has 0 aliphatic rings. The van der Waals surface area contributed by atoms with Crippen molar-refractivity contribution >= 4 is 22.9 Å². The van der Waals surface area contributed by atoms with Crippen molar-refractivity contribution in [3.05, 3.63) is 59.4 Å². The van der Waals surface area contributed by atoms with Crippen LogP contribution in [0.4, 0.5) is 8.78 Å². The highest BCUT2D eigenvalue weighted by Gasteiger charge is 2.23. The van der Waals surface area contributed by atoms with Crippen molar-refractivity contribution in [2.24, 2.45) is 0 Å². The van der Waals surface area contributed by atoms with Crippen LogP contribution in [-0.4, -0.2) is 32.3 Å². The molecule has 0 unspecified atom stereocenters. The molecule has 0 saturated heterocycles. The van der Waals surface area contributed by atoms with Crippen LogP contribution in [0, 0.1) is 0 Å². The van der Waals surface area contributed by atoms with Crippen molar-refractivity contribution in [3.63, 3.8) is 0 Å². The zero-order valence-electron chi connectivity index (χ0n) is 16.1. The van der Waals surface area contributed by atoms with Gasteiger partial charge in [0, 0.05) is 5.39 Å². The number of alkyl halides is 2. The Morgan fingerprint density at radius 2 is 1.80 bits per heavy atom. The third-order valence-electron chi connectivity index (χ3n) is 4.12. The molecule has 0 radical (unpaired) electrons. The lowest BCUT2D eigenvalue weighted by Gasteiger charge is -2.11. The summed E-state index contributed by atoms with van der Waals surface area (Å²) in [7, 11) is 1.26. The summed E-state index contributed by atoms with van der Waals surface area (Å²) in [5.41, 5.74) is 0.864. The summed E-state index contributed by atoms with van der Waals surface area (Å²) in [6.07, 6.45) is 0. The zero-order valence-corrected chi connectivity index (χ0v) is 16.1. The molecule has 0 spiro atoms. The Balaban J connectivity index is 1.83. The number of hydrogen-bond donors (Lipinski definition) is 0. The molecule has 0 atom stereocenters. The van der Waals surface area contributed by atoms with E-state index < -0.39 is 18.6 Å². The van der Waals surface area contributed by atoms with Gasteiger partial charge in [-0.25, -0.2) is 9.59 Å². The van der Waals surface area contributed by atoms with E-state index in [4.69, 9.17) is 18.6 Å². The van der Waals surface area contributed by atoms with Gasteiger partial charge in [0.1, 0.15) is 12.2 Å². The Labute approximate surface area is 170 Å². The lowest BCUT2D eigenvalue weighted by Crippen LogP contribution is -2.10. The maximum atomic E-state index is 12.5. The number of furan rings is 1. The normalized spacial score (nSPS) is 10.8. The van der Waals surface area contributed by atoms with Crippen LogP contribution in [0.3, 0.4) is 0 Å². The van der Waals surface area contributed by atoms with Gasteiger partial charge in [0.15, 0.2) is 11.5 Å². The molecule has 3 rings (SSSR count). The van der Waals surface area contributed by atoms with Crippen LogP contribution in [0.2, 0.25) is 0 Å². The Kier molecular flexibility index (Phi) is 6.51. The zero-order chi connectivity index (χ0) is 21.7. The Hall–Kier alpha value is -3.62. The van der Waals surface area contributed by atoms with Crippen molar-refractivity contribution in [1.82, 2.24) is 0 Å². The summed E-state index contributed by atoms with van der Waals surface area (Å²) in [5, 5.41) is 0.603. The van der Waals surface area contributed by atoms with Gasteiger partial charge in [-0.15, -0.1) is 0 Å². The van der Waals surface area contributed by atoms with Crippen molar-refractivity contribution < 1.29 is 41.7 Å². The number of ether oxygens (including phenoxy) is 4.